The fourth-order valence-electron chi connectivity index (χ4n) is 2.78. The van der Waals surface area contributed by atoms with Crippen molar-refractivity contribution in [2.45, 2.75) is 6.54 Å². The highest BCUT2D eigenvalue weighted by Crippen LogP contribution is 2.28. The van der Waals surface area contributed by atoms with Gasteiger partial charge in [0.1, 0.15) is 12.1 Å². The Bertz CT molecular complexity index is 915. The maximum absolute atomic E-state index is 3.50. The predicted octanol–water partition coefficient (Wildman–Crippen LogP) is 4.99. The lowest BCUT2D eigenvalue weighted by Crippen LogP contribution is -2.14. The molecule has 0 saturated carbocycles. The van der Waals surface area contributed by atoms with Crippen LogP contribution in [0.15, 0.2) is 78.2 Å². The van der Waals surface area contributed by atoms with Crippen LogP contribution < -0.4 is 10.3 Å². The lowest BCUT2D eigenvalue weighted by Gasteiger charge is -2.07. The second kappa shape index (κ2) is 6.23. The van der Waals surface area contributed by atoms with E-state index in [-0.39, 0.29) is 0 Å². The Morgan fingerprint density at radius 3 is 2.52 bits per heavy atom. The molecule has 0 amide bonds. The first-order valence-electron chi connectivity index (χ1n) is 7.67. The highest BCUT2D eigenvalue weighted by atomic mass is 32.1. The smallest absolute Gasteiger partial charge is 0.269 e. The van der Waals surface area contributed by atoms with E-state index in [1.165, 1.54) is 21.4 Å². The van der Waals surface area contributed by atoms with Gasteiger partial charge in [-0.3, -0.25) is 5.32 Å². The number of aromatic amines is 1. The van der Waals surface area contributed by atoms with Crippen molar-refractivity contribution in [1.29, 1.82) is 0 Å². The van der Waals surface area contributed by atoms with Gasteiger partial charge in [-0.25, -0.2) is 4.98 Å². The number of hydrogen-bond acceptors (Lipinski definition) is 2. The molecule has 23 heavy (non-hydrogen) atoms. The molecule has 3 heteroatoms. The Morgan fingerprint density at radius 1 is 0.870 bits per heavy atom. The zero-order chi connectivity index (χ0) is 15.5. The van der Waals surface area contributed by atoms with E-state index < -0.39 is 0 Å². The number of pyridine rings is 1. The molecule has 2 N–H and O–H groups in total. The first-order chi connectivity index (χ1) is 11.4. The van der Waals surface area contributed by atoms with Gasteiger partial charge in [0.2, 0.25) is 0 Å². The molecule has 0 bridgehead atoms. The van der Waals surface area contributed by atoms with Gasteiger partial charge in [-0.05, 0) is 23.1 Å². The molecule has 2 aromatic heterocycles. The minimum absolute atomic E-state index is 0.834. The number of aromatic nitrogens is 1. The SMILES string of the molecule is c1ccc(-c2cc(NCc3cccs3)[nH+]c3ccccc23)cc1. The number of rotatable bonds is 4. The molecular weight excluding hydrogens is 300 g/mol. The number of thiophene rings is 1. The Hall–Kier alpha value is -2.65. The summed E-state index contributed by atoms with van der Waals surface area (Å²) >= 11 is 1.77. The van der Waals surface area contributed by atoms with Gasteiger partial charge in [0, 0.05) is 21.9 Å². The van der Waals surface area contributed by atoms with Crippen molar-refractivity contribution in [2.24, 2.45) is 0 Å². The summed E-state index contributed by atoms with van der Waals surface area (Å²) in [5.74, 6) is 1.04. The van der Waals surface area contributed by atoms with Crippen molar-refractivity contribution in [3.8, 4) is 11.1 Å². The maximum atomic E-state index is 3.50. The molecule has 0 aliphatic rings. The minimum atomic E-state index is 0.834. The Labute approximate surface area is 139 Å². The van der Waals surface area contributed by atoms with E-state index in [0.29, 0.717) is 0 Å². The molecule has 0 aliphatic heterocycles. The number of hydrogen-bond donors (Lipinski definition) is 1. The standard InChI is InChI=1S/C20H16N2S/c1-2-7-15(8-3-1)18-13-20(21-14-16-9-6-12-23-16)22-19-11-5-4-10-17(18)19/h1-13H,14H2,(H,21,22)/p+1. The van der Waals surface area contributed by atoms with Crippen molar-refractivity contribution in [1.82, 2.24) is 0 Å². The van der Waals surface area contributed by atoms with Crippen LogP contribution in [0.25, 0.3) is 22.0 Å². The lowest BCUT2D eigenvalue weighted by atomic mass is 10.0. The average molecular weight is 317 g/mol. The van der Waals surface area contributed by atoms with Gasteiger partial charge in [-0.2, -0.15) is 0 Å². The third-order valence-electron chi connectivity index (χ3n) is 3.89. The molecule has 2 nitrogen and oxygen atoms in total. The molecular formula is C20H17N2S+. The van der Waals surface area contributed by atoms with Crippen LogP contribution in [-0.4, -0.2) is 0 Å². The molecule has 4 aromatic rings. The molecule has 0 aliphatic carbocycles. The Kier molecular flexibility index (Phi) is 3.78. The highest BCUT2D eigenvalue weighted by molar-refractivity contribution is 7.09. The molecule has 0 fully saturated rings. The lowest BCUT2D eigenvalue weighted by molar-refractivity contribution is -0.327. The second-order valence-electron chi connectivity index (χ2n) is 5.44. The van der Waals surface area contributed by atoms with Gasteiger partial charge in [0.25, 0.3) is 5.82 Å². The third-order valence-corrected chi connectivity index (χ3v) is 4.77. The molecule has 0 saturated heterocycles. The largest absolute Gasteiger partial charge is 0.273 e. The van der Waals surface area contributed by atoms with Crippen molar-refractivity contribution in [3.63, 3.8) is 0 Å². The van der Waals surface area contributed by atoms with E-state index in [1.54, 1.807) is 11.3 Å². The minimum Gasteiger partial charge on any atom is -0.269 e. The third kappa shape index (κ3) is 2.96. The molecule has 4 rings (SSSR count). The number of para-hydroxylation sites is 1. The first-order valence-corrected chi connectivity index (χ1v) is 8.55. The number of benzene rings is 2. The van der Waals surface area contributed by atoms with Crippen molar-refractivity contribution >= 4 is 28.1 Å². The first kappa shape index (κ1) is 14.0. The molecule has 0 spiro atoms. The molecule has 2 heterocycles. The summed E-state index contributed by atoms with van der Waals surface area (Å²) in [6, 6.07) is 25.4. The van der Waals surface area contributed by atoms with Gasteiger partial charge in [-0.1, -0.05) is 54.6 Å². The van der Waals surface area contributed by atoms with Crippen LogP contribution in [0, 0.1) is 0 Å². The van der Waals surface area contributed by atoms with Crippen LogP contribution in [0.2, 0.25) is 0 Å². The molecule has 0 atom stereocenters. The van der Waals surface area contributed by atoms with Crippen molar-refractivity contribution in [3.05, 3.63) is 83.1 Å². The quantitative estimate of drug-likeness (QED) is 0.563. The highest BCUT2D eigenvalue weighted by Gasteiger charge is 2.11. The van der Waals surface area contributed by atoms with E-state index in [0.717, 1.165) is 17.9 Å². The van der Waals surface area contributed by atoms with E-state index in [9.17, 15) is 0 Å². The number of fused-ring (bicyclic) bond motifs is 1. The Morgan fingerprint density at radius 2 is 1.70 bits per heavy atom. The summed E-state index contributed by atoms with van der Waals surface area (Å²) in [7, 11) is 0. The van der Waals surface area contributed by atoms with Crippen LogP contribution in [-0.2, 0) is 6.54 Å². The van der Waals surface area contributed by atoms with E-state index >= 15 is 0 Å². The summed E-state index contributed by atoms with van der Waals surface area (Å²) < 4.78 is 0. The number of anilines is 1. The van der Waals surface area contributed by atoms with Crippen LogP contribution in [0.3, 0.4) is 0 Å². The van der Waals surface area contributed by atoms with E-state index in [4.69, 9.17) is 0 Å². The van der Waals surface area contributed by atoms with Crippen molar-refractivity contribution in [2.75, 3.05) is 5.32 Å². The maximum Gasteiger partial charge on any atom is 0.273 e. The van der Waals surface area contributed by atoms with Crippen LogP contribution in [0.5, 0.6) is 0 Å². The van der Waals surface area contributed by atoms with E-state index in [1.807, 2.05) is 0 Å². The summed E-state index contributed by atoms with van der Waals surface area (Å²) in [5.41, 5.74) is 3.62. The topological polar surface area (TPSA) is 26.2 Å². The summed E-state index contributed by atoms with van der Waals surface area (Å²) in [6.07, 6.45) is 0. The van der Waals surface area contributed by atoms with Gasteiger partial charge in [-0.15, -0.1) is 11.3 Å². The number of nitrogens with one attached hydrogen (secondary N) is 2. The van der Waals surface area contributed by atoms with Crippen LogP contribution in [0.4, 0.5) is 5.82 Å². The normalized spacial score (nSPS) is 10.8. The van der Waals surface area contributed by atoms with E-state index in [2.05, 4.69) is 88.5 Å². The number of H-pyrrole nitrogens is 1. The van der Waals surface area contributed by atoms with Gasteiger partial charge in [0.15, 0.2) is 0 Å². The Balaban J connectivity index is 1.77. The molecule has 0 unspecified atom stereocenters. The second-order valence-corrected chi connectivity index (χ2v) is 6.47. The molecule has 2 aromatic carbocycles. The van der Waals surface area contributed by atoms with Gasteiger partial charge in [0.05, 0.1) is 0 Å². The van der Waals surface area contributed by atoms with Gasteiger partial charge < -0.3 is 0 Å². The summed E-state index contributed by atoms with van der Waals surface area (Å²) in [6.45, 7) is 0.834. The monoisotopic (exact) mass is 317 g/mol. The van der Waals surface area contributed by atoms with Crippen LogP contribution in [0.1, 0.15) is 4.88 Å². The average Bonchev–Trinajstić information content (AvgIpc) is 3.13. The molecule has 0 radical (unpaired) electrons. The van der Waals surface area contributed by atoms with Gasteiger partial charge >= 0.3 is 0 Å². The van der Waals surface area contributed by atoms with Crippen LogP contribution >= 0.6 is 11.3 Å². The zero-order valence-corrected chi connectivity index (χ0v) is 13.4. The zero-order valence-electron chi connectivity index (χ0n) is 12.6. The fourth-order valence-corrected chi connectivity index (χ4v) is 3.42. The summed E-state index contributed by atoms with van der Waals surface area (Å²) in [5, 5.41) is 6.85. The fraction of sp³-hybridized carbons (Fsp3) is 0.0500. The van der Waals surface area contributed by atoms with Crippen molar-refractivity contribution < 1.29 is 4.98 Å². The summed E-state index contributed by atoms with van der Waals surface area (Å²) in [4.78, 5) is 4.82. The predicted molar refractivity (Wildman–Crippen MR) is 97.6 cm³/mol. The molecule has 112 valence electrons.